The minimum atomic E-state index is 0.377. The number of aliphatic imine (C=N–C) groups is 1. The van der Waals surface area contributed by atoms with Gasteiger partial charge in [0.1, 0.15) is 0 Å². The molecule has 2 fully saturated rings. The van der Waals surface area contributed by atoms with Crippen LogP contribution in [0.3, 0.4) is 0 Å². The van der Waals surface area contributed by atoms with Crippen molar-refractivity contribution in [3.63, 3.8) is 0 Å². The molecule has 2 aliphatic rings. The van der Waals surface area contributed by atoms with E-state index in [1.165, 1.54) is 51.4 Å². The van der Waals surface area contributed by atoms with Gasteiger partial charge < -0.3 is 20.1 Å². The van der Waals surface area contributed by atoms with Crippen molar-refractivity contribution in [2.75, 3.05) is 40.0 Å². The molecule has 25 heavy (non-hydrogen) atoms. The zero-order valence-electron chi connectivity index (χ0n) is 16.4. The molecule has 0 bridgehead atoms. The first-order valence-electron chi connectivity index (χ1n) is 10.4. The molecule has 0 aromatic heterocycles. The van der Waals surface area contributed by atoms with E-state index in [1.54, 1.807) is 7.11 Å². The van der Waals surface area contributed by atoms with Crippen LogP contribution in [0, 0.1) is 5.41 Å². The summed E-state index contributed by atoms with van der Waals surface area (Å²) in [5, 5.41) is 6.83. The summed E-state index contributed by atoms with van der Waals surface area (Å²) in [5.41, 5.74) is 0.377. The molecule has 2 saturated carbocycles. The number of hydrogen-bond donors (Lipinski definition) is 2. The average molecular weight is 354 g/mol. The molecule has 0 atom stereocenters. The van der Waals surface area contributed by atoms with E-state index in [0.717, 1.165) is 51.6 Å². The summed E-state index contributed by atoms with van der Waals surface area (Å²) < 4.78 is 11.3. The average Bonchev–Trinajstić information content (AvgIpc) is 2.61. The van der Waals surface area contributed by atoms with Gasteiger partial charge in [0.05, 0.1) is 6.10 Å². The van der Waals surface area contributed by atoms with Crippen LogP contribution in [-0.4, -0.2) is 52.0 Å². The molecule has 5 nitrogen and oxygen atoms in total. The molecule has 0 radical (unpaired) electrons. The van der Waals surface area contributed by atoms with Gasteiger partial charge in [0.2, 0.25) is 0 Å². The lowest BCUT2D eigenvalue weighted by atomic mass is 9.67. The molecule has 5 heteroatoms. The number of rotatable bonds is 11. The first-order chi connectivity index (χ1) is 12.3. The molecule has 2 N–H and O–H groups in total. The van der Waals surface area contributed by atoms with Gasteiger partial charge in [-0.05, 0) is 50.9 Å². The van der Waals surface area contributed by atoms with E-state index in [2.05, 4.69) is 17.6 Å². The quantitative estimate of drug-likeness (QED) is 0.339. The van der Waals surface area contributed by atoms with Crippen LogP contribution in [0.5, 0.6) is 0 Å². The normalized spacial score (nSPS) is 21.0. The van der Waals surface area contributed by atoms with E-state index in [-0.39, 0.29) is 0 Å². The number of guanidine groups is 1. The molecular formula is C20H39N3O2. The Bertz CT molecular complexity index is 377. The van der Waals surface area contributed by atoms with Gasteiger partial charge in [-0.3, -0.25) is 4.99 Å². The Morgan fingerprint density at radius 1 is 1.08 bits per heavy atom. The number of nitrogens with zero attached hydrogens (tertiary/aromatic N) is 1. The highest BCUT2D eigenvalue weighted by atomic mass is 16.5. The second-order valence-electron chi connectivity index (χ2n) is 7.70. The summed E-state index contributed by atoms with van der Waals surface area (Å²) in [6.07, 6.45) is 13.1. The molecule has 0 heterocycles. The third kappa shape index (κ3) is 7.53. The summed E-state index contributed by atoms with van der Waals surface area (Å²) in [4.78, 5) is 4.85. The zero-order valence-corrected chi connectivity index (χ0v) is 16.4. The fourth-order valence-electron chi connectivity index (χ4n) is 3.83. The summed E-state index contributed by atoms with van der Waals surface area (Å²) in [7, 11) is 1.79. The van der Waals surface area contributed by atoms with Crippen LogP contribution in [0.15, 0.2) is 4.99 Å². The Hall–Kier alpha value is -0.810. The molecule has 0 unspecified atom stereocenters. The SMILES string of the molecule is CCNC(=NCC1(CCOC)CCC1)NCCCOC1CCCCC1. The number of methoxy groups -OCH3 is 1. The van der Waals surface area contributed by atoms with Crippen molar-refractivity contribution in [1.82, 2.24) is 10.6 Å². The number of nitrogens with one attached hydrogen (secondary N) is 2. The predicted octanol–water partition coefficient (Wildman–Crippen LogP) is 3.49. The van der Waals surface area contributed by atoms with Gasteiger partial charge >= 0.3 is 0 Å². The van der Waals surface area contributed by atoms with E-state index in [1.807, 2.05) is 0 Å². The minimum Gasteiger partial charge on any atom is -0.385 e. The maximum absolute atomic E-state index is 6.00. The van der Waals surface area contributed by atoms with Crippen LogP contribution < -0.4 is 10.6 Å². The molecule has 0 amide bonds. The Balaban J connectivity index is 1.64. The van der Waals surface area contributed by atoms with Crippen LogP contribution in [0.4, 0.5) is 0 Å². The van der Waals surface area contributed by atoms with Gasteiger partial charge in [0.15, 0.2) is 5.96 Å². The lowest BCUT2D eigenvalue weighted by molar-refractivity contribution is 0.0277. The van der Waals surface area contributed by atoms with Crippen molar-refractivity contribution in [2.24, 2.45) is 10.4 Å². The first-order valence-corrected chi connectivity index (χ1v) is 10.4. The van der Waals surface area contributed by atoms with E-state index >= 15 is 0 Å². The van der Waals surface area contributed by atoms with Crippen molar-refractivity contribution >= 4 is 5.96 Å². The van der Waals surface area contributed by atoms with Gasteiger partial charge in [-0.2, -0.15) is 0 Å². The van der Waals surface area contributed by atoms with Crippen LogP contribution in [0.1, 0.15) is 71.1 Å². The largest absolute Gasteiger partial charge is 0.385 e. The molecule has 0 aliphatic heterocycles. The third-order valence-corrected chi connectivity index (χ3v) is 5.69. The van der Waals surface area contributed by atoms with Gasteiger partial charge in [0, 0.05) is 40.0 Å². The predicted molar refractivity (Wildman–Crippen MR) is 104 cm³/mol. The van der Waals surface area contributed by atoms with E-state index in [9.17, 15) is 0 Å². The van der Waals surface area contributed by atoms with Crippen LogP contribution >= 0.6 is 0 Å². The maximum atomic E-state index is 6.00. The summed E-state index contributed by atoms with van der Waals surface area (Å²) in [6.45, 7) is 6.55. The standard InChI is InChI=1S/C20H39N3O2/c1-3-21-19(23-17-20(11-7-12-20)13-16-24-2)22-14-8-15-25-18-9-5-4-6-10-18/h18H,3-17H2,1-2H3,(H2,21,22,23). The Labute approximate surface area is 154 Å². The van der Waals surface area contributed by atoms with Crippen LogP contribution in [-0.2, 0) is 9.47 Å². The molecule has 146 valence electrons. The van der Waals surface area contributed by atoms with Crippen molar-refractivity contribution in [3.05, 3.63) is 0 Å². The third-order valence-electron chi connectivity index (χ3n) is 5.69. The second-order valence-corrected chi connectivity index (χ2v) is 7.70. The fourth-order valence-corrected chi connectivity index (χ4v) is 3.83. The molecule has 0 aromatic rings. The monoisotopic (exact) mass is 353 g/mol. The van der Waals surface area contributed by atoms with Gasteiger partial charge in [0.25, 0.3) is 0 Å². The van der Waals surface area contributed by atoms with Gasteiger partial charge in [-0.25, -0.2) is 0 Å². The second kappa shape index (κ2) is 11.7. The number of hydrogen-bond acceptors (Lipinski definition) is 3. The Morgan fingerprint density at radius 2 is 1.88 bits per heavy atom. The highest BCUT2D eigenvalue weighted by molar-refractivity contribution is 5.79. The summed E-state index contributed by atoms with van der Waals surface area (Å²) >= 11 is 0. The molecule has 2 rings (SSSR count). The Morgan fingerprint density at radius 3 is 2.52 bits per heavy atom. The van der Waals surface area contributed by atoms with Crippen LogP contribution in [0.2, 0.25) is 0 Å². The van der Waals surface area contributed by atoms with E-state index < -0.39 is 0 Å². The van der Waals surface area contributed by atoms with Crippen molar-refractivity contribution < 1.29 is 9.47 Å². The fraction of sp³-hybridized carbons (Fsp3) is 0.950. The molecule has 0 spiro atoms. The van der Waals surface area contributed by atoms with Crippen LogP contribution in [0.25, 0.3) is 0 Å². The zero-order chi connectivity index (χ0) is 17.8. The summed E-state index contributed by atoms with van der Waals surface area (Å²) in [5.74, 6) is 0.948. The smallest absolute Gasteiger partial charge is 0.191 e. The lowest BCUT2D eigenvalue weighted by Crippen LogP contribution is -2.40. The number of ether oxygens (including phenoxy) is 2. The van der Waals surface area contributed by atoms with Gasteiger partial charge in [-0.1, -0.05) is 25.7 Å². The molecule has 0 saturated heterocycles. The maximum Gasteiger partial charge on any atom is 0.191 e. The summed E-state index contributed by atoms with van der Waals surface area (Å²) in [6, 6.07) is 0. The first kappa shape index (κ1) is 20.5. The molecule has 0 aromatic carbocycles. The lowest BCUT2D eigenvalue weighted by Gasteiger charge is -2.40. The molecular weight excluding hydrogens is 314 g/mol. The minimum absolute atomic E-state index is 0.377. The van der Waals surface area contributed by atoms with Crippen molar-refractivity contribution in [2.45, 2.75) is 77.2 Å². The highest BCUT2D eigenvalue weighted by Gasteiger charge is 2.36. The van der Waals surface area contributed by atoms with E-state index in [4.69, 9.17) is 14.5 Å². The van der Waals surface area contributed by atoms with E-state index in [0.29, 0.717) is 11.5 Å². The van der Waals surface area contributed by atoms with Gasteiger partial charge in [-0.15, -0.1) is 0 Å². The topological polar surface area (TPSA) is 54.9 Å². The van der Waals surface area contributed by atoms with Crippen molar-refractivity contribution in [3.8, 4) is 0 Å². The molecule has 2 aliphatic carbocycles. The Kier molecular flexibility index (Phi) is 9.63. The highest BCUT2D eigenvalue weighted by Crippen LogP contribution is 2.44. The van der Waals surface area contributed by atoms with Crippen molar-refractivity contribution in [1.29, 1.82) is 0 Å².